The van der Waals surface area contributed by atoms with Crippen LogP contribution in [-0.2, 0) is 0 Å². The van der Waals surface area contributed by atoms with Crippen LogP contribution in [0.4, 0.5) is 0 Å². The van der Waals surface area contributed by atoms with Gasteiger partial charge < -0.3 is 0 Å². The summed E-state index contributed by atoms with van der Waals surface area (Å²) in [5, 5.41) is 0. The summed E-state index contributed by atoms with van der Waals surface area (Å²) in [4.78, 5) is 0. The summed E-state index contributed by atoms with van der Waals surface area (Å²) >= 11 is 0. The zero-order valence-corrected chi connectivity index (χ0v) is 17.3. The van der Waals surface area contributed by atoms with Crippen LogP contribution in [0.1, 0.15) is 109 Å². The van der Waals surface area contributed by atoms with Crippen LogP contribution in [0, 0.1) is 27.1 Å². The molecule has 0 bridgehead atoms. The molecule has 0 aliphatic carbocycles. The number of hydrogen-bond acceptors (Lipinski definition) is 0. The second kappa shape index (κ2) is 6.25. The summed E-state index contributed by atoms with van der Waals surface area (Å²) in [5.74, 6) is 0. The van der Waals surface area contributed by atoms with Crippen molar-refractivity contribution in [2.24, 2.45) is 27.1 Å². The van der Waals surface area contributed by atoms with Crippen LogP contribution >= 0.6 is 0 Å². The smallest absolute Gasteiger partial charge is 0.0344 e. The van der Waals surface area contributed by atoms with Gasteiger partial charge in [-0.3, -0.25) is 0 Å². The highest BCUT2D eigenvalue weighted by Gasteiger charge is 2.37. The monoisotopic (exact) mass is 296 g/mol. The molecule has 0 aromatic carbocycles. The van der Waals surface area contributed by atoms with Gasteiger partial charge in [-0.15, -0.1) is 0 Å². The molecule has 0 aromatic rings. The zero-order valence-electron chi connectivity index (χ0n) is 17.3. The predicted octanol–water partition coefficient (Wildman–Crippen LogP) is 7.72. The van der Waals surface area contributed by atoms with Crippen molar-refractivity contribution in [2.45, 2.75) is 109 Å². The molecule has 0 fully saturated rings. The fourth-order valence-corrected chi connectivity index (χ4v) is 5.65. The molecule has 0 unspecified atom stereocenters. The molecule has 0 amide bonds. The van der Waals surface area contributed by atoms with E-state index < -0.39 is 0 Å². The summed E-state index contributed by atoms with van der Waals surface area (Å²) in [5.41, 5.74) is 2.07. The van der Waals surface area contributed by atoms with Crippen LogP contribution in [0.15, 0.2) is 0 Å². The molecule has 0 aromatic heterocycles. The lowest BCUT2D eigenvalue weighted by Crippen LogP contribution is -2.32. The number of rotatable bonds is 6. The van der Waals surface area contributed by atoms with Crippen LogP contribution in [-0.4, -0.2) is 0 Å². The fraction of sp³-hybridized carbons (Fsp3) is 1.00. The van der Waals surface area contributed by atoms with Gasteiger partial charge in [0.2, 0.25) is 0 Å². The molecule has 0 aliphatic rings. The second-order valence-electron chi connectivity index (χ2n) is 12.3. The third-order valence-electron chi connectivity index (χ3n) is 3.93. The van der Waals surface area contributed by atoms with Crippen LogP contribution in [0.2, 0.25) is 0 Å². The van der Waals surface area contributed by atoms with Crippen molar-refractivity contribution in [3.05, 3.63) is 0 Å². The van der Waals surface area contributed by atoms with Crippen LogP contribution in [0.3, 0.4) is 0 Å². The van der Waals surface area contributed by atoms with Crippen molar-refractivity contribution in [2.75, 3.05) is 0 Å². The van der Waals surface area contributed by atoms with Gasteiger partial charge in [0.15, 0.2) is 0 Å². The highest BCUT2D eigenvalue weighted by molar-refractivity contribution is 4.88. The first-order valence-electron chi connectivity index (χ1n) is 8.83. The average molecular weight is 297 g/mol. The molecule has 0 nitrogen and oxygen atoms in total. The third-order valence-corrected chi connectivity index (χ3v) is 3.93. The summed E-state index contributed by atoms with van der Waals surface area (Å²) < 4.78 is 0. The van der Waals surface area contributed by atoms with E-state index in [1.165, 1.54) is 25.7 Å². The zero-order chi connectivity index (χ0) is 17.3. The Morgan fingerprint density at radius 3 is 0.714 bits per heavy atom. The summed E-state index contributed by atoms with van der Waals surface area (Å²) in [7, 11) is 0. The molecule has 0 heterocycles. The maximum Gasteiger partial charge on any atom is -0.0344 e. The Bertz CT molecular complexity index is 283. The first kappa shape index (κ1) is 21.0. The summed E-state index contributed by atoms with van der Waals surface area (Å²) in [6.45, 7) is 29.0. The minimum atomic E-state index is 0.406. The van der Waals surface area contributed by atoms with Crippen molar-refractivity contribution in [1.82, 2.24) is 0 Å². The van der Waals surface area contributed by atoms with Gasteiger partial charge in [0.1, 0.15) is 0 Å². The minimum absolute atomic E-state index is 0.406. The molecule has 0 N–H and O–H groups in total. The van der Waals surface area contributed by atoms with Crippen molar-refractivity contribution in [3.63, 3.8) is 0 Å². The van der Waals surface area contributed by atoms with E-state index >= 15 is 0 Å². The van der Waals surface area contributed by atoms with E-state index in [0.717, 1.165) is 0 Å². The summed E-state index contributed by atoms with van der Waals surface area (Å²) in [6, 6.07) is 0. The fourth-order valence-electron chi connectivity index (χ4n) is 5.65. The Kier molecular flexibility index (Phi) is 6.25. The van der Waals surface area contributed by atoms with Gasteiger partial charge in [-0.2, -0.15) is 0 Å². The van der Waals surface area contributed by atoms with E-state index in [2.05, 4.69) is 83.1 Å². The molecule has 0 spiro atoms. The van der Waals surface area contributed by atoms with Gasteiger partial charge in [0, 0.05) is 0 Å². The Morgan fingerprint density at radius 2 is 0.524 bits per heavy atom. The standard InChI is InChI=1S/C21H44/c1-17(2,3)13-19(7,8)15-21(11,12)16-20(9,10)14-18(4,5)6/h13-16H2,1-12H3. The molecular weight excluding hydrogens is 252 g/mol. The van der Waals surface area contributed by atoms with E-state index in [1.54, 1.807) is 0 Å². The first-order chi connectivity index (χ1) is 8.83. The van der Waals surface area contributed by atoms with Crippen molar-refractivity contribution < 1.29 is 0 Å². The van der Waals surface area contributed by atoms with E-state index in [-0.39, 0.29) is 0 Å². The maximum absolute atomic E-state index is 2.47. The van der Waals surface area contributed by atoms with E-state index in [0.29, 0.717) is 27.1 Å². The van der Waals surface area contributed by atoms with Crippen molar-refractivity contribution in [3.8, 4) is 0 Å². The highest BCUT2D eigenvalue weighted by Crippen LogP contribution is 2.48. The lowest BCUT2D eigenvalue weighted by Gasteiger charge is -2.43. The van der Waals surface area contributed by atoms with Crippen LogP contribution in [0.5, 0.6) is 0 Å². The van der Waals surface area contributed by atoms with Gasteiger partial charge in [-0.25, -0.2) is 0 Å². The molecule has 21 heavy (non-hydrogen) atoms. The van der Waals surface area contributed by atoms with Gasteiger partial charge >= 0.3 is 0 Å². The van der Waals surface area contributed by atoms with E-state index in [9.17, 15) is 0 Å². The average Bonchev–Trinajstić information content (AvgIpc) is 1.83. The predicted molar refractivity (Wildman–Crippen MR) is 98.7 cm³/mol. The van der Waals surface area contributed by atoms with Gasteiger partial charge in [0.25, 0.3) is 0 Å². The Hall–Kier alpha value is 0. The quantitative estimate of drug-likeness (QED) is 0.470. The first-order valence-corrected chi connectivity index (χ1v) is 8.83. The van der Waals surface area contributed by atoms with E-state index in [4.69, 9.17) is 0 Å². The Morgan fingerprint density at radius 1 is 0.333 bits per heavy atom. The summed E-state index contributed by atoms with van der Waals surface area (Å²) in [6.07, 6.45) is 5.21. The largest absolute Gasteiger partial charge is 0.0602 e. The topological polar surface area (TPSA) is 0 Å². The molecule has 0 atom stereocenters. The Balaban J connectivity index is 4.83. The van der Waals surface area contributed by atoms with Crippen molar-refractivity contribution >= 4 is 0 Å². The maximum atomic E-state index is 2.47. The van der Waals surface area contributed by atoms with Gasteiger partial charge in [-0.1, -0.05) is 83.1 Å². The molecule has 128 valence electrons. The van der Waals surface area contributed by atoms with Crippen LogP contribution < -0.4 is 0 Å². The lowest BCUT2D eigenvalue weighted by molar-refractivity contribution is 0.0759. The highest BCUT2D eigenvalue weighted by atomic mass is 14.4. The SMILES string of the molecule is CC(C)(C)CC(C)(C)CC(C)(C)CC(C)(C)CC(C)(C)C. The number of hydrogen-bond donors (Lipinski definition) is 0. The van der Waals surface area contributed by atoms with Crippen molar-refractivity contribution in [1.29, 1.82) is 0 Å². The third kappa shape index (κ3) is 11.2. The molecule has 0 radical (unpaired) electrons. The van der Waals surface area contributed by atoms with Crippen LogP contribution in [0.25, 0.3) is 0 Å². The minimum Gasteiger partial charge on any atom is -0.0602 e. The normalized spacial score (nSPS) is 15.4. The molecule has 0 saturated carbocycles. The molecular formula is C21H44. The molecule has 0 heteroatoms. The molecule has 0 rings (SSSR count). The van der Waals surface area contributed by atoms with Gasteiger partial charge in [0.05, 0.1) is 0 Å². The molecule has 0 saturated heterocycles. The Labute approximate surface area is 136 Å². The lowest BCUT2D eigenvalue weighted by atomic mass is 9.62. The van der Waals surface area contributed by atoms with E-state index in [1.807, 2.05) is 0 Å². The second-order valence-corrected chi connectivity index (χ2v) is 12.3. The van der Waals surface area contributed by atoms with Gasteiger partial charge in [-0.05, 0) is 52.8 Å². The molecule has 0 aliphatic heterocycles.